The normalized spacial score (nSPS) is 36.5. The van der Waals surface area contributed by atoms with Gasteiger partial charge in [-0.2, -0.15) is 0 Å². The topological polar surface area (TPSA) is 86.3 Å². The van der Waals surface area contributed by atoms with E-state index in [0.717, 1.165) is 42.0 Å². The third kappa shape index (κ3) is 2.07. The van der Waals surface area contributed by atoms with Gasteiger partial charge in [0.2, 0.25) is 5.91 Å². The third-order valence-electron chi connectivity index (χ3n) is 5.95. The number of rotatable bonds is 4. The Balaban J connectivity index is 1.46. The van der Waals surface area contributed by atoms with Crippen molar-refractivity contribution in [2.24, 2.45) is 28.9 Å². The second-order valence-electron chi connectivity index (χ2n) is 7.43. The highest BCUT2D eigenvalue weighted by Crippen LogP contribution is 2.64. The van der Waals surface area contributed by atoms with E-state index in [1.807, 2.05) is 6.92 Å². The predicted molar refractivity (Wildman–Crippen MR) is 81.9 cm³/mol. The largest absolute Gasteiger partial charge is 0.365 e. The third-order valence-corrected chi connectivity index (χ3v) is 7.19. The van der Waals surface area contributed by atoms with Gasteiger partial charge in [0, 0.05) is 0 Å². The van der Waals surface area contributed by atoms with Crippen LogP contribution in [-0.2, 0) is 4.79 Å². The minimum atomic E-state index is -0.435. The van der Waals surface area contributed by atoms with Gasteiger partial charge in [0.1, 0.15) is 6.04 Å². The molecule has 0 aromatic carbocycles. The molecule has 5 rings (SSSR count). The molecule has 5 nitrogen and oxygen atoms in total. The van der Waals surface area contributed by atoms with Crippen LogP contribution in [0.3, 0.4) is 0 Å². The van der Waals surface area contributed by atoms with Crippen LogP contribution in [0.4, 0.5) is 0 Å². The first-order chi connectivity index (χ1) is 10.5. The maximum absolute atomic E-state index is 12.9. The van der Waals surface area contributed by atoms with Crippen molar-refractivity contribution in [3.8, 4) is 0 Å². The van der Waals surface area contributed by atoms with Crippen LogP contribution in [0.15, 0.2) is 6.20 Å². The van der Waals surface area contributed by atoms with Gasteiger partial charge < -0.3 is 11.1 Å². The fourth-order valence-electron chi connectivity index (χ4n) is 5.15. The van der Waals surface area contributed by atoms with Crippen LogP contribution in [0.2, 0.25) is 0 Å². The van der Waals surface area contributed by atoms with Crippen LogP contribution < -0.4 is 16.0 Å². The van der Waals surface area contributed by atoms with E-state index in [4.69, 9.17) is 5.73 Å². The number of nitrogens with one attached hydrogen (secondary N) is 2. The van der Waals surface area contributed by atoms with Crippen molar-refractivity contribution in [1.82, 2.24) is 5.32 Å². The van der Waals surface area contributed by atoms with E-state index in [1.165, 1.54) is 24.2 Å². The Bertz CT molecular complexity index is 622. The molecule has 0 aliphatic heterocycles. The van der Waals surface area contributed by atoms with Crippen molar-refractivity contribution in [2.45, 2.75) is 45.1 Å². The van der Waals surface area contributed by atoms with Crippen LogP contribution in [0.5, 0.6) is 0 Å². The summed E-state index contributed by atoms with van der Waals surface area (Å²) in [6.45, 7) is 1.96. The number of hydrogen-bond acceptors (Lipinski definition) is 3. The van der Waals surface area contributed by atoms with Gasteiger partial charge in [0.15, 0.2) is 11.1 Å². The van der Waals surface area contributed by atoms with Crippen molar-refractivity contribution < 1.29 is 14.6 Å². The van der Waals surface area contributed by atoms with Crippen molar-refractivity contribution in [3.63, 3.8) is 0 Å². The summed E-state index contributed by atoms with van der Waals surface area (Å²) >= 11 is 1.32. The Morgan fingerprint density at radius 3 is 2.59 bits per heavy atom. The first-order valence-corrected chi connectivity index (χ1v) is 8.91. The molecule has 118 valence electrons. The fourth-order valence-corrected chi connectivity index (χ4v) is 5.96. The SMILES string of the molecule is CC(NC(=O)C12CC3CC(C1)C(C3)C2)c1[nH+]cc(C(N)=O)s1. The number of amides is 2. The van der Waals surface area contributed by atoms with Crippen LogP contribution in [0.25, 0.3) is 0 Å². The summed E-state index contributed by atoms with van der Waals surface area (Å²) in [4.78, 5) is 27.6. The van der Waals surface area contributed by atoms with Crippen LogP contribution >= 0.6 is 11.3 Å². The smallest absolute Gasteiger partial charge is 0.265 e. The number of aromatic amines is 1. The molecular weight excluding hydrogens is 298 g/mol. The molecule has 6 heteroatoms. The number of thiazole rings is 1. The summed E-state index contributed by atoms with van der Waals surface area (Å²) in [5, 5.41) is 4.04. The summed E-state index contributed by atoms with van der Waals surface area (Å²) in [6.07, 6.45) is 7.52. The Morgan fingerprint density at radius 2 is 2.05 bits per heavy atom. The van der Waals surface area contributed by atoms with Crippen molar-refractivity contribution in [3.05, 3.63) is 16.1 Å². The summed E-state index contributed by atoms with van der Waals surface area (Å²) in [5.74, 6) is 2.12. The number of primary amides is 1. The van der Waals surface area contributed by atoms with E-state index in [2.05, 4.69) is 10.3 Å². The molecule has 0 radical (unpaired) electrons. The van der Waals surface area contributed by atoms with Crippen molar-refractivity contribution in [1.29, 1.82) is 0 Å². The number of hydrogen-bond donors (Lipinski definition) is 2. The highest BCUT2D eigenvalue weighted by molar-refractivity contribution is 7.13. The molecule has 1 heterocycles. The quantitative estimate of drug-likeness (QED) is 0.884. The average Bonchev–Trinajstić information content (AvgIpc) is 3.11. The fraction of sp³-hybridized carbons (Fsp3) is 0.688. The number of carbonyl (C=O) groups excluding carboxylic acids is 2. The van der Waals surface area contributed by atoms with Gasteiger partial charge in [-0.25, -0.2) is 4.98 Å². The zero-order valence-electron chi connectivity index (χ0n) is 12.7. The Labute approximate surface area is 133 Å². The number of aromatic nitrogens is 1. The van der Waals surface area contributed by atoms with Gasteiger partial charge in [-0.3, -0.25) is 9.59 Å². The van der Waals surface area contributed by atoms with Crippen molar-refractivity contribution >= 4 is 23.2 Å². The summed E-state index contributed by atoms with van der Waals surface area (Å²) in [5.41, 5.74) is 5.16. The highest BCUT2D eigenvalue weighted by Gasteiger charge is 2.59. The molecule has 3 unspecified atom stereocenters. The molecule has 0 saturated heterocycles. The molecular formula is C16H22N3O2S+. The Morgan fingerprint density at radius 1 is 1.36 bits per heavy atom. The van der Waals surface area contributed by atoms with Gasteiger partial charge in [-0.1, -0.05) is 11.3 Å². The number of carbonyl (C=O) groups is 2. The molecule has 2 amide bonds. The standard InChI is InChI=1S/C16H21N3O2S/c1-8(14-18-7-12(22-14)13(17)20)19-15(21)16-4-9-2-10(5-16)11(3-9)6-16/h7-11H,2-6H2,1H3,(H2,17,20)(H,19,21)/p+1. The number of H-pyrrole nitrogens is 1. The lowest BCUT2D eigenvalue weighted by Crippen LogP contribution is -2.44. The van der Waals surface area contributed by atoms with Crippen molar-refractivity contribution in [2.75, 3.05) is 0 Å². The molecule has 22 heavy (non-hydrogen) atoms. The maximum atomic E-state index is 12.9. The minimum Gasteiger partial charge on any atom is -0.365 e. The molecule has 1 aromatic heterocycles. The average molecular weight is 320 g/mol. The van der Waals surface area contributed by atoms with E-state index in [9.17, 15) is 9.59 Å². The summed E-state index contributed by atoms with van der Waals surface area (Å²) in [7, 11) is 0. The molecule has 4 saturated carbocycles. The Kier molecular flexibility index (Phi) is 3.08. The second-order valence-corrected chi connectivity index (χ2v) is 8.51. The molecule has 4 bridgehead atoms. The predicted octanol–water partition coefficient (Wildman–Crippen LogP) is 1.66. The van der Waals surface area contributed by atoms with E-state index in [1.54, 1.807) is 6.20 Å². The second kappa shape index (κ2) is 4.78. The lowest BCUT2D eigenvalue weighted by atomic mass is 9.69. The molecule has 4 aliphatic rings. The lowest BCUT2D eigenvalue weighted by Gasteiger charge is -2.37. The maximum Gasteiger partial charge on any atom is 0.265 e. The van der Waals surface area contributed by atoms with E-state index in [0.29, 0.717) is 4.88 Å². The first-order valence-electron chi connectivity index (χ1n) is 8.09. The number of nitrogens with two attached hydrogens (primary N) is 1. The van der Waals surface area contributed by atoms with E-state index < -0.39 is 5.91 Å². The molecule has 3 atom stereocenters. The lowest BCUT2D eigenvalue weighted by molar-refractivity contribution is -0.385. The molecule has 4 N–H and O–H groups in total. The first kappa shape index (κ1) is 14.2. The van der Waals surface area contributed by atoms with E-state index >= 15 is 0 Å². The van der Waals surface area contributed by atoms with Gasteiger partial charge in [-0.05, 0) is 56.8 Å². The highest BCUT2D eigenvalue weighted by atomic mass is 32.1. The minimum absolute atomic E-state index is 0.114. The van der Waals surface area contributed by atoms with Crippen LogP contribution in [0.1, 0.15) is 59.7 Å². The Hall–Kier alpha value is -1.43. The van der Waals surface area contributed by atoms with Crippen LogP contribution in [0, 0.1) is 23.2 Å². The molecule has 0 spiro atoms. The van der Waals surface area contributed by atoms with E-state index in [-0.39, 0.29) is 17.4 Å². The summed E-state index contributed by atoms with van der Waals surface area (Å²) in [6, 6.07) is -0.114. The zero-order valence-corrected chi connectivity index (χ0v) is 13.5. The van der Waals surface area contributed by atoms with Gasteiger partial charge in [0.05, 0.1) is 5.41 Å². The van der Waals surface area contributed by atoms with Gasteiger partial charge >= 0.3 is 0 Å². The van der Waals surface area contributed by atoms with Crippen LogP contribution in [-0.4, -0.2) is 11.8 Å². The monoisotopic (exact) mass is 320 g/mol. The summed E-state index contributed by atoms with van der Waals surface area (Å²) < 4.78 is 0. The molecule has 4 fully saturated rings. The zero-order chi connectivity index (χ0) is 15.5. The molecule has 4 aliphatic carbocycles. The molecule has 1 aromatic rings. The van der Waals surface area contributed by atoms with Gasteiger partial charge in [0.25, 0.3) is 10.9 Å². The van der Waals surface area contributed by atoms with Gasteiger partial charge in [-0.15, -0.1) is 0 Å².